The zero-order valence-electron chi connectivity index (χ0n) is 11.7. The maximum absolute atomic E-state index is 10.1. The summed E-state index contributed by atoms with van der Waals surface area (Å²) in [5, 5.41) is 21.7. The third-order valence-electron chi connectivity index (χ3n) is 3.25. The smallest absolute Gasteiger partial charge is 0.160 e. The first-order chi connectivity index (χ1) is 10.5. The molecule has 6 nitrogen and oxygen atoms in total. The van der Waals surface area contributed by atoms with Crippen LogP contribution in [0.2, 0.25) is 10.0 Å². The Hall–Kier alpha value is -1.89. The van der Waals surface area contributed by atoms with Crippen molar-refractivity contribution < 1.29 is 5.11 Å². The van der Waals surface area contributed by atoms with Crippen molar-refractivity contribution in [2.45, 2.75) is 13.1 Å². The fourth-order valence-electron chi connectivity index (χ4n) is 2.24. The second-order valence-electron chi connectivity index (χ2n) is 5.02. The molecule has 0 spiro atoms. The second kappa shape index (κ2) is 6.08. The van der Waals surface area contributed by atoms with Crippen molar-refractivity contribution in [1.29, 1.82) is 0 Å². The lowest BCUT2D eigenvalue weighted by Gasteiger charge is -2.15. The number of aromatic nitrogens is 4. The molecule has 0 radical (unpaired) electrons. The number of nitrogens with zero attached hydrogens (tertiary/aromatic N) is 4. The summed E-state index contributed by atoms with van der Waals surface area (Å²) in [6.45, 7) is 1.23. The maximum atomic E-state index is 10.1. The highest BCUT2D eigenvalue weighted by atomic mass is 35.5. The summed E-state index contributed by atoms with van der Waals surface area (Å²) in [4.78, 5) is 6.50. The molecule has 2 heterocycles. The molecular formula is C14H13Cl2N5O. The van der Waals surface area contributed by atoms with Gasteiger partial charge in [0, 0.05) is 24.7 Å². The van der Waals surface area contributed by atoms with E-state index in [1.165, 1.54) is 6.07 Å². The van der Waals surface area contributed by atoms with Crippen molar-refractivity contribution in [2.75, 3.05) is 7.05 Å². The van der Waals surface area contributed by atoms with E-state index < -0.39 is 0 Å². The van der Waals surface area contributed by atoms with Gasteiger partial charge in [-0.15, -0.1) is 5.10 Å². The number of benzene rings is 1. The van der Waals surface area contributed by atoms with E-state index in [1.807, 2.05) is 24.1 Å². The summed E-state index contributed by atoms with van der Waals surface area (Å²) >= 11 is 12.1. The molecule has 2 aromatic heterocycles. The summed E-state index contributed by atoms with van der Waals surface area (Å²) in [5.74, 6) is -0.0536. The van der Waals surface area contributed by atoms with Crippen LogP contribution in [0, 0.1) is 0 Å². The van der Waals surface area contributed by atoms with Gasteiger partial charge in [-0.3, -0.25) is 10.00 Å². The van der Waals surface area contributed by atoms with E-state index in [9.17, 15) is 5.11 Å². The molecule has 22 heavy (non-hydrogen) atoms. The van der Waals surface area contributed by atoms with E-state index >= 15 is 0 Å². The SMILES string of the molecule is CN(Cc1c[nH]nn1)Cc1ccc2c(Cl)cc(Cl)c(O)c2n1. The van der Waals surface area contributed by atoms with E-state index in [4.69, 9.17) is 23.2 Å². The van der Waals surface area contributed by atoms with Crippen molar-refractivity contribution in [2.24, 2.45) is 0 Å². The molecule has 0 saturated carbocycles. The topological polar surface area (TPSA) is 77.9 Å². The molecule has 0 aliphatic carbocycles. The van der Waals surface area contributed by atoms with Gasteiger partial charge in [-0.25, -0.2) is 4.98 Å². The first-order valence-corrected chi connectivity index (χ1v) is 7.30. The number of aromatic hydroxyl groups is 1. The molecule has 3 rings (SSSR count). The predicted molar refractivity (Wildman–Crippen MR) is 85.0 cm³/mol. The van der Waals surface area contributed by atoms with Crippen LogP contribution in [-0.4, -0.2) is 37.4 Å². The summed E-state index contributed by atoms with van der Waals surface area (Å²) < 4.78 is 0. The van der Waals surface area contributed by atoms with Gasteiger partial charge in [0.25, 0.3) is 0 Å². The van der Waals surface area contributed by atoms with Crippen LogP contribution in [0.5, 0.6) is 5.75 Å². The van der Waals surface area contributed by atoms with Crippen molar-refractivity contribution in [3.05, 3.63) is 45.8 Å². The molecule has 0 bridgehead atoms. The van der Waals surface area contributed by atoms with Gasteiger partial charge in [-0.1, -0.05) is 28.4 Å². The number of H-pyrrole nitrogens is 1. The van der Waals surface area contributed by atoms with E-state index in [-0.39, 0.29) is 10.8 Å². The van der Waals surface area contributed by atoms with Gasteiger partial charge in [-0.05, 0) is 25.2 Å². The minimum Gasteiger partial charge on any atom is -0.504 e. The lowest BCUT2D eigenvalue weighted by Crippen LogP contribution is -2.18. The van der Waals surface area contributed by atoms with Crippen molar-refractivity contribution >= 4 is 34.1 Å². The minimum absolute atomic E-state index is 0.0536. The predicted octanol–water partition coefficient (Wildman–Crippen LogP) is 3.00. The fraction of sp³-hybridized carbons (Fsp3) is 0.214. The van der Waals surface area contributed by atoms with Crippen LogP contribution < -0.4 is 0 Å². The number of hydrogen-bond acceptors (Lipinski definition) is 5. The Balaban J connectivity index is 1.87. The van der Waals surface area contributed by atoms with Gasteiger partial charge in [0.1, 0.15) is 5.52 Å². The summed E-state index contributed by atoms with van der Waals surface area (Å²) in [7, 11) is 1.95. The highest BCUT2D eigenvalue weighted by molar-refractivity contribution is 6.39. The molecule has 0 aliphatic heterocycles. The number of hydrogen-bond donors (Lipinski definition) is 2. The molecule has 114 valence electrons. The van der Waals surface area contributed by atoms with Gasteiger partial charge in [0.2, 0.25) is 0 Å². The average molecular weight is 338 g/mol. The molecule has 0 atom stereocenters. The van der Waals surface area contributed by atoms with Crippen LogP contribution in [-0.2, 0) is 13.1 Å². The fourth-order valence-corrected chi connectivity index (χ4v) is 2.76. The van der Waals surface area contributed by atoms with Gasteiger partial charge >= 0.3 is 0 Å². The minimum atomic E-state index is -0.0536. The monoisotopic (exact) mass is 337 g/mol. The average Bonchev–Trinajstić information content (AvgIpc) is 2.97. The number of halogens is 2. The van der Waals surface area contributed by atoms with Gasteiger partial charge in [0.05, 0.1) is 21.4 Å². The summed E-state index contributed by atoms with van der Waals surface area (Å²) in [6, 6.07) is 5.22. The summed E-state index contributed by atoms with van der Waals surface area (Å²) in [5.41, 5.74) is 2.05. The number of phenolic OH excluding ortho intramolecular Hbond substituents is 1. The largest absolute Gasteiger partial charge is 0.504 e. The quantitative estimate of drug-likeness (QED) is 0.765. The Labute approximate surface area is 136 Å². The Morgan fingerprint density at radius 3 is 2.68 bits per heavy atom. The van der Waals surface area contributed by atoms with E-state index in [1.54, 1.807) is 6.20 Å². The van der Waals surface area contributed by atoms with Crippen molar-refractivity contribution in [3.63, 3.8) is 0 Å². The number of aromatic amines is 1. The van der Waals surface area contributed by atoms with Crippen LogP contribution >= 0.6 is 23.2 Å². The van der Waals surface area contributed by atoms with Crippen molar-refractivity contribution in [3.8, 4) is 5.75 Å². The number of nitrogens with one attached hydrogen (secondary N) is 1. The van der Waals surface area contributed by atoms with Crippen molar-refractivity contribution in [1.82, 2.24) is 25.3 Å². The molecule has 3 aromatic rings. The third-order valence-corrected chi connectivity index (χ3v) is 3.85. The van der Waals surface area contributed by atoms with Crippen LogP contribution in [0.25, 0.3) is 10.9 Å². The summed E-state index contributed by atoms with van der Waals surface area (Å²) in [6.07, 6.45) is 1.75. The van der Waals surface area contributed by atoms with E-state index in [2.05, 4.69) is 20.4 Å². The zero-order chi connectivity index (χ0) is 15.7. The van der Waals surface area contributed by atoms with Gasteiger partial charge in [0.15, 0.2) is 5.75 Å². The van der Waals surface area contributed by atoms with Gasteiger partial charge in [-0.2, -0.15) is 0 Å². The molecule has 0 amide bonds. The lowest BCUT2D eigenvalue weighted by molar-refractivity contribution is 0.311. The zero-order valence-corrected chi connectivity index (χ0v) is 13.2. The van der Waals surface area contributed by atoms with E-state index in [0.29, 0.717) is 29.0 Å². The maximum Gasteiger partial charge on any atom is 0.160 e. The Morgan fingerprint density at radius 1 is 1.18 bits per heavy atom. The second-order valence-corrected chi connectivity index (χ2v) is 5.84. The van der Waals surface area contributed by atoms with Gasteiger partial charge < -0.3 is 5.11 Å². The number of pyridine rings is 1. The molecule has 0 unspecified atom stereocenters. The van der Waals surface area contributed by atoms with E-state index in [0.717, 1.165) is 11.4 Å². The molecule has 0 fully saturated rings. The molecular weight excluding hydrogens is 325 g/mol. The third kappa shape index (κ3) is 2.99. The number of rotatable bonds is 4. The first-order valence-electron chi connectivity index (χ1n) is 6.55. The highest BCUT2D eigenvalue weighted by Crippen LogP contribution is 2.36. The Kier molecular flexibility index (Phi) is 4.15. The molecule has 0 saturated heterocycles. The molecule has 8 heteroatoms. The Morgan fingerprint density at radius 2 is 1.95 bits per heavy atom. The lowest BCUT2D eigenvalue weighted by atomic mass is 10.2. The van der Waals surface area contributed by atoms with Crippen LogP contribution in [0.4, 0.5) is 0 Å². The number of phenols is 1. The molecule has 2 N–H and O–H groups in total. The molecule has 0 aliphatic rings. The van der Waals surface area contributed by atoms with Crippen LogP contribution in [0.1, 0.15) is 11.4 Å². The molecule has 1 aromatic carbocycles. The Bertz CT molecular complexity index is 807. The normalized spacial score (nSPS) is 11.5. The standard InChI is InChI=1S/C14H13Cl2N5O/c1-21(7-9-5-17-20-19-9)6-8-2-3-10-11(15)4-12(16)14(22)13(10)18-8/h2-5,22H,6-7H2,1H3,(H,17,19,20). The first kappa shape index (κ1) is 15.0. The number of fused-ring (bicyclic) bond motifs is 1. The van der Waals surface area contributed by atoms with Crippen LogP contribution in [0.3, 0.4) is 0 Å². The van der Waals surface area contributed by atoms with Crippen LogP contribution in [0.15, 0.2) is 24.4 Å². The highest BCUT2D eigenvalue weighted by Gasteiger charge is 2.12.